The molecule has 1 aromatic heterocycles. The molecule has 7 nitrogen and oxygen atoms in total. The molecular weight excluding hydrogens is 280 g/mol. The number of hydrogen-bond acceptors (Lipinski definition) is 4. The number of rotatable bonds is 2. The van der Waals surface area contributed by atoms with E-state index in [0.29, 0.717) is 0 Å². The first-order chi connectivity index (χ1) is 8.35. The van der Waals surface area contributed by atoms with E-state index in [1.54, 1.807) is 0 Å². The Kier molecular flexibility index (Phi) is 3.35. The van der Waals surface area contributed by atoms with Gasteiger partial charge < -0.3 is 5.32 Å². The number of aromatic nitrogens is 2. The lowest BCUT2D eigenvalue weighted by Gasteiger charge is -2.31. The number of piperazine rings is 1. The number of amides is 1. The minimum absolute atomic E-state index is 0.0516. The third-order valence-electron chi connectivity index (χ3n) is 2.84. The number of nitrogens with zero attached hydrogens (tertiary/aromatic N) is 3. The number of sulfonamides is 1. The number of hydrogen-bond donors (Lipinski definition) is 1. The van der Waals surface area contributed by atoms with E-state index < -0.39 is 16.1 Å². The molecule has 1 atom stereocenters. The molecule has 2 heterocycles. The van der Waals surface area contributed by atoms with Crippen LogP contribution in [0.15, 0.2) is 11.2 Å². The summed E-state index contributed by atoms with van der Waals surface area (Å²) in [6.45, 7) is 2.05. The van der Waals surface area contributed by atoms with Crippen molar-refractivity contribution >= 4 is 27.5 Å². The zero-order chi connectivity index (χ0) is 13.5. The van der Waals surface area contributed by atoms with Crippen LogP contribution in [0.1, 0.15) is 6.92 Å². The molecule has 0 saturated carbocycles. The third kappa shape index (κ3) is 2.00. The second-order valence-electron chi connectivity index (χ2n) is 4.00. The summed E-state index contributed by atoms with van der Waals surface area (Å²) in [6.07, 6.45) is 1.27. The smallest absolute Gasteiger partial charge is 0.262 e. The SMILES string of the molecule is C[C@@H]1C(=O)NCCN1S(=O)(=O)c1c(Cl)cnn1C. The first-order valence-electron chi connectivity index (χ1n) is 5.32. The fraction of sp³-hybridized carbons (Fsp3) is 0.556. The van der Waals surface area contributed by atoms with Crippen LogP contribution < -0.4 is 5.32 Å². The number of aryl methyl sites for hydroxylation is 1. The van der Waals surface area contributed by atoms with Crippen molar-refractivity contribution in [3.8, 4) is 0 Å². The molecule has 100 valence electrons. The molecule has 2 rings (SSSR count). The van der Waals surface area contributed by atoms with E-state index in [1.807, 2.05) is 0 Å². The molecular formula is C9H13ClN4O3S. The normalized spacial score (nSPS) is 21.9. The molecule has 1 N–H and O–H groups in total. The van der Waals surface area contributed by atoms with Crippen molar-refractivity contribution in [1.29, 1.82) is 0 Å². The van der Waals surface area contributed by atoms with Crippen LogP contribution in [0.25, 0.3) is 0 Å². The van der Waals surface area contributed by atoms with E-state index in [4.69, 9.17) is 11.6 Å². The van der Waals surface area contributed by atoms with Crippen molar-refractivity contribution in [2.45, 2.75) is 18.0 Å². The van der Waals surface area contributed by atoms with E-state index in [2.05, 4.69) is 10.4 Å². The summed E-state index contributed by atoms with van der Waals surface area (Å²) in [4.78, 5) is 11.5. The molecule has 9 heteroatoms. The van der Waals surface area contributed by atoms with Crippen LogP contribution in [0.2, 0.25) is 5.02 Å². The van der Waals surface area contributed by atoms with Crippen LogP contribution in [0.5, 0.6) is 0 Å². The average Bonchev–Trinajstić information content (AvgIpc) is 2.62. The molecule has 1 aromatic rings. The second kappa shape index (κ2) is 4.52. The standard InChI is InChI=1S/C9H13ClN4O3S/c1-6-8(15)11-3-4-14(6)18(16,17)9-7(10)5-12-13(9)2/h5-6H,3-4H2,1-2H3,(H,11,15)/t6-/m1/s1. The lowest BCUT2D eigenvalue weighted by Crippen LogP contribution is -2.55. The van der Waals surface area contributed by atoms with Crippen LogP contribution in [0, 0.1) is 0 Å². The Morgan fingerprint density at radius 2 is 2.22 bits per heavy atom. The van der Waals surface area contributed by atoms with E-state index in [9.17, 15) is 13.2 Å². The van der Waals surface area contributed by atoms with Gasteiger partial charge >= 0.3 is 0 Å². The largest absolute Gasteiger partial charge is 0.353 e. The van der Waals surface area contributed by atoms with Gasteiger partial charge in [0.25, 0.3) is 10.0 Å². The first kappa shape index (κ1) is 13.3. The minimum Gasteiger partial charge on any atom is -0.353 e. The zero-order valence-corrected chi connectivity index (χ0v) is 11.5. The molecule has 0 radical (unpaired) electrons. The molecule has 0 spiro atoms. The van der Waals surface area contributed by atoms with Gasteiger partial charge in [0.05, 0.1) is 11.2 Å². The number of carbonyl (C=O) groups is 1. The Hall–Kier alpha value is -1.12. The van der Waals surface area contributed by atoms with Crippen LogP contribution in [0.3, 0.4) is 0 Å². The predicted octanol–water partition coefficient (Wildman–Crippen LogP) is -0.418. The van der Waals surface area contributed by atoms with Crippen molar-refractivity contribution in [2.75, 3.05) is 13.1 Å². The van der Waals surface area contributed by atoms with Crippen molar-refractivity contribution in [3.63, 3.8) is 0 Å². The zero-order valence-electron chi connectivity index (χ0n) is 9.92. The van der Waals surface area contributed by atoms with Crippen molar-refractivity contribution < 1.29 is 13.2 Å². The van der Waals surface area contributed by atoms with Gasteiger partial charge in [-0.2, -0.15) is 9.40 Å². The molecule has 1 amide bonds. The van der Waals surface area contributed by atoms with Gasteiger partial charge in [-0.05, 0) is 6.92 Å². The second-order valence-corrected chi connectivity index (χ2v) is 6.22. The highest BCUT2D eigenvalue weighted by Crippen LogP contribution is 2.25. The van der Waals surface area contributed by atoms with E-state index in [1.165, 1.54) is 24.9 Å². The Morgan fingerprint density at radius 3 is 2.78 bits per heavy atom. The van der Waals surface area contributed by atoms with Gasteiger partial charge in [-0.1, -0.05) is 11.6 Å². The number of carbonyl (C=O) groups excluding carboxylic acids is 1. The Labute approximate surface area is 110 Å². The van der Waals surface area contributed by atoms with E-state index in [0.717, 1.165) is 4.31 Å². The van der Waals surface area contributed by atoms with E-state index in [-0.39, 0.29) is 29.0 Å². The van der Waals surface area contributed by atoms with Gasteiger partial charge in [0.2, 0.25) is 5.91 Å². The number of nitrogens with one attached hydrogen (secondary N) is 1. The summed E-state index contributed by atoms with van der Waals surface area (Å²) in [6, 6.07) is -0.755. The van der Waals surface area contributed by atoms with E-state index >= 15 is 0 Å². The highest BCUT2D eigenvalue weighted by atomic mass is 35.5. The van der Waals surface area contributed by atoms with Crippen molar-refractivity contribution in [2.24, 2.45) is 7.05 Å². The fourth-order valence-electron chi connectivity index (χ4n) is 1.89. The summed E-state index contributed by atoms with van der Waals surface area (Å²) in [5, 5.41) is 6.37. The van der Waals surface area contributed by atoms with Crippen LogP contribution in [0.4, 0.5) is 0 Å². The summed E-state index contributed by atoms with van der Waals surface area (Å²) >= 11 is 5.84. The van der Waals surface area contributed by atoms with Gasteiger partial charge in [0, 0.05) is 20.1 Å². The summed E-state index contributed by atoms with van der Waals surface area (Å²) in [7, 11) is -2.33. The Balaban J connectivity index is 2.46. The van der Waals surface area contributed by atoms with Gasteiger partial charge in [-0.3, -0.25) is 9.48 Å². The lowest BCUT2D eigenvalue weighted by molar-refractivity contribution is -0.126. The minimum atomic E-state index is -3.82. The fourth-order valence-corrected chi connectivity index (χ4v) is 4.09. The van der Waals surface area contributed by atoms with Gasteiger partial charge in [-0.25, -0.2) is 8.42 Å². The lowest BCUT2D eigenvalue weighted by atomic mass is 10.2. The Bertz CT molecular complexity index is 563. The topological polar surface area (TPSA) is 84.3 Å². The van der Waals surface area contributed by atoms with Gasteiger partial charge in [0.1, 0.15) is 6.04 Å². The van der Waals surface area contributed by atoms with Gasteiger partial charge in [-0.15, -0.1) is 0 Å². The van der Waals surface area contributed by atoms with Crippen LogP contribution in [-0.4, -0.2) is 47.5 Å². The molecule has 1 fully saturated rings. The molecule has 0 bridgehead atoms. The molecule has 1 aliphatic heterocycles. The van der Waals surface area contributed by atoms with Crippen molar-refractivity contribution in [1.82, 2.24) is 19.4 Å². The summed E-state index contributed by atoms with van der Waals surface area (Å²) in [5.74, 6) is -0.317. The molecule has 0 unspecified atom stereocenters. The highest BCUT2D eigenvalue weighted by molar-refractivity contribution is 7.89. The number of halogens is 1. The summed E-state index contributed by atoms with van der Waals surface area (Å²) in [5.41, 5.74) is 0. The maximum atomic E-state index is 12.4. The summed E-state index contributed by atoms with van der Waals surface area (Å²) < 4.78 is 27.2. The molecule has 0 aromatic carbocycles. The van der Waals surface area contributed by atoms with Crippen LogP contribution >= 0.6 is 11.6 Å². The highest BCUT2D eigenvalue weighted by Gasteiger charge is 2.38. The average molecular weight is 293 g/mol. The molecule has 1 saturated heterocycles. The first-order valence-corrected chi connectivity index (χ1v) is 7.14. The Morgan fingerprint density at radius 1 is 1.56 bits per heavy atom. The van der Waals surface area contributed by atoms with Gasteiger partial charge in [0.15, 0.2) is 5.03 Å². The maximum absolute atomic E-state index is 12.4. The van der Waals surface area contributed by atoms with Crippen molar-refractivity contribution in [3.05, 3.63) is 11.2 Å². The maximum Gasteiger partial charge on any atom is 0.262 e. The quantitative estimate of drug-likeness (QED) is 0.802. The van der Waals surface area contributed by atoms with Crippen LogP contribution in [-0.2, 0) is 21.9 Å². The monoisotopic (exact) mass is 292 g/mol. The third-order valence-corrected chi connectivity index (χ3v) is 5.32. The molecule has 1 aliphatic rings. The predicted molar refractivity (Wildman–Crippen MR) is 64.6 cm³/mol. The molecule has 18 heavy (non-hydrogen) atoms. The molecule has 0 aliphatic carbocycles.